The number of ether oxygens (including phenoxy) is 1. The fourth-order valence-corrected chi connectivity index (χ4v) is 4.60. The molecule has 1 atom stereocenters. The molecule has 1 unspecified atom stereocenters. The number of esters is 1. The summed E-state index contributed by atoms with van der Waals surface area (Å²) in [5.41, 5.74) is 1.10. The van der Waals surface area contributed by atoms with Gasteiger partial charge >= 0.3 is 13.6 Å². The Morgan fingerprint density at radius 2 is 1.76 bits per heavy atom. The number of rotatable bonds is 10. The van der Waals surface area contributed by atoms with Crippen molar-refractivity contribution in [2.45, 2.75) is 19.6 Å². The minimum atomic E-state index is -3.73. The number of hydrogen-bond donors (Lipinski definition) is 1. The summed E-state index contributed by atoms with van der Waals surface area (Å²) in [4.78, 5) is 22.3. The monoisotopic (exact) mass is 422 g/mol. The second-order valence-electron chi connectivity index (χ2n) is 5.84. The third kappa shape index (κ3) is 5.63. The molecule has 0 aliphatic rings. The molecular formula is C19H23N2O7P. The number of methoxy groups -OCH3 is 1. The maximum Gasteiger partial charge on any atom is 0.357 e. The van der Waals surface area contributed by atoms with E-state index in [9.17, 15) is 19.5 Å². The SMILES string of the molecule is CCOP(=O)(OCC)C(Nc1ccc(C(=O)OC)cc1)c1cccc([N+](=O)[O-])c1. The van der Waals surface area contributed by atoms with Gasteiger partial charge in [0.05, 0.1) is 30.8 Å². The minimum absolute atomic E-state index is 0.131. The number of nitro groups is 1. The Morgan fingerprint density at radius 3 is 2.28 bits per heavy atom. The lowest BCUT2D eigenvalue weighted by atomic mass is 10.1. The number of nitrogens with zero attached hydrogens (tertiary/aromatic N) is 1. The van der Waals surface area contributed by atoms with Crippen LogP contribution in [-0.4, -0.2) is 31.2 Å². The van der Waals surface area contributed by atoms with Crippen molar-refractivity contribution < 1.29 is 28.1 Å². The molecule has 0 spiro atoms. The number of carbonyl (C=O) groups is 1. The Balaban J connectivity index is 2.46. The Hall–Kier alpha value is -2.74. The third-order valence-corrected chi connectivity index (χ3v) is 6.24. The Labute approximate surface area is 168 Å². The van der Waals surface area contributed by atoms with Gasteiger partial charge in [-0.1, -0.05) is 12.1 Å². The molecule has 0 radical (unpaired) electrons. The fraction of sp³-hybridized carbons (Fsp3) is 0.316. The van der Waals surface area contributed by atoms with Crippen molar-refractivity contribution >= 4 is 24.9 Å². The lowest BCUT2D eigenvalue weighted by Crippen LogP contribution is -2.15. The fourth-order valence-electron chi connectivity index (χ4n) is 2.68. The van der Waals surface area contributed by atoms with Crippen molar-refractivity contribution in [3.63, 3.8) is 0 Å². The van der Waals surface area contributed by atoms with E-state index in [0.29, 0.717) is 16.8 Å². The molecule has 2 aromatic carbocycles. The number of anilines is 1. The predicted molar refractivity (Wildman–Crippen MR) is 108 cm³/mol. The van der Waals surface area contributed by atoms with Crippen LogP contribution < -0.4 is 5.32 Å². The Bertz CT molecular complexity index is 892. The van der Waals surface area contributed by atoms with Crippen LogP contribution >= 0.6 is 7.60 Å². The van der Waals surface area contributed by atoms with Crippen LogP contribution in [0.4, 0.5) is 11.4 Å². The summed E-state index contributed by atoms with van der Waals surface area (Å²) >= 11 is 0. The minimum Gasteiger partial charge on any atom is -0.465 e. The zero-order valence-electron chi connectivity index (χ0n) is 16.4. The summed E-state index contributed by atoms with van der Waals surface area (Å²) in [6.45, 7) is 3.62. The van der Waals surface area contributed by atoms with Crippen LogP contribution in [0.5, 0.6) is 0 Å². The first-order valence-corrected chi connectivity index (χ1v) is 10.5. The maximum absolute atomic E-state index is 13.5. The highest BCUT2D eigenvalue weighted by Gasteiger charge is 2.37. The maximum atomic E-state index is 13.5. The molecule has 10 heteroatoms. The summed E-state index contributed by atoms with van der Waals surface area (Å²) in [6.07, 6.45) is 0. The number of benzene rings is 2. The van der Waals surface area contributed by atoms with Gasteiger partial charge in [0, 0.05) is 17.8 Å². The van der Waals surface area contributed by atoms with Gasteiger partial charge in [-0.25, -0.2) is 4.79 Å². The quantitative estimate of drug-likeness (QED) is 0.252. The van der Waals surface area contributed by atoms with E-state index in [1.165, 1.54) is 25.3 Å². The molecular weight excluding hydrogens is 399 g/mol. The Kier molecular flexibility index (Phi) is 7.90. The van der Waals surface area contributed by atoms with Crippen LogP contribution in [0.1, 0.15) is 35.6 Å². The Morgan fingerprint density at radius 1 is 1.14 bits per heavy atom. The molecule has 2 aromatic rings. The zero-order valence-corrected chi connectivity index (χ0v) is 17.3. The van der Waals surface area contributed by atoms with E-state index in [4.69, 9.17) is 9.05 Å². The van der Waals surface area contributed by atoms with Crippen LogP contribution in [0.25, 0.3) is 0 Å². The molecule has 0 saturated carbocycles. The van der Waals surface area contributed by atoms with Gasteiger partial charge in [-0.15, -0.1) is 0 Å². The van der Waals surface area contributed by atoms with Crippen molar-refractivity contribution in [2.24, 2.45) is 0 Å². The van der Waals surface area contributed by atoms with Crippen molar-refractivity contribution in [3.8, 4) is 0 Å². The van der Waals surface area contributed by atoms with Crippen LogP contribution in [0.2, 0.25) is 0 Å². The van der Waals surface area contributed by atoms with Gasteiger partial charge in [0.15, 0.2) is 5.78 Å². The first-order valence-electron chi connectivity index (χ1n) is 8.92. The lowest BCUT2D eigenvalue weighted by molar-refractivity contribution is -0.384. The number of carbonyl (C=O) groups excluding carboxylic acids is 1. The molecule has 9 nitrogen and oxygen atoms in total. The van der Waals surface area contributed by atoms with E-state index in [1.807, 2.05) is 0 Å². The second kappa shape index (κ2) is 10.2. The second-order valence-corrected chi connectivity index (χ2v) is 7.96. The normalized spacial score (nSPS) is 12.2. The van der Waals surface area contributed by atoms with Crippen LogP contribution in [0.15, 0.2) is 48.5 Å². The first kappa shape index (κ1) is 22.5. The molecule has 0 fully saturated rings. The summed E-state index contributed by atoms with van der Waals surface area (Å²) < 4.78 is 29.1. The number of non-ortho nitro benzene ring substituents is 1. The zero-order chi connectivity index (χ0) is 21.4. The van der Waals surface area contributed by atoms with Crippen LogP contribution in [-0.2, 0) is 18.3 Å². The highest BCUT2D eigenvalue weighted by atomic mass is 31.2. The van der Waals surface area contributed by atoms with E-state index >= 15 is 0 Å². The molecule has 156 valence electrons. The van der Waals surface area contributed by atoms with Crippen molar-refractivity contribution in [3.05, 3.63) is 69.8 Å². The highest BCUT2D eigenvalue weighted by Crippen LogP contribution is 2.61. The van der Waals surface area contributed by atoms with Gasteiger partial charge in [-0.05, 0) is 43.7 Å². The van der Waals surface area contributed by atoms with Gasteiger partial charge in [-0.2, -0.15) is 0 Å². The average Bonchev–Trinajstić information content (AvgIpc) is 2.72. The highest BCUT2D eigenvalue weighted by molar-refractivity contribution is 7.54. The molecule has 1 N–H and O–H groups in total. The summed E-state index contributed by atoms with van der Waals surface area (Å²) in [5.74, 6) is -1.48. The summed E-state index contributed by atoms with van der Waals surface area (Å²) in [7, 11) is -2.44. The first-order chi connectivity index (χ1) is 13.8. The number of nitro benzene ring substituents is 1. The van der Waals surface area contributed by atoms with Crippen molar-refractivity contribution in [1.29, 1.82) is 0 Å². The summed E-state index contributed by atoms with van der Waals surface area (Å²) in [5, 5.41) is 14.2. The third-order valence-electron chi connectivity index (χ3n) is 3.94. The molecule has 0 aromatic heterocycles. The van der Waals surface area contributed by atoms with Crippen molar-refractivity contribution in [1.82, 2.24) is 0 Å². The standard InChI is InChI=1S/C19H23N2O7P/c1-4-27-29(25,28-5-2)18(15-7-6-8-17(13-15)21(23)24)20-16-11-9-14(10-12-16)19(22)26-3/h6-13,18,20H,4-5H2,1-3H3. The van der Waals surface area contributed by atoms with Gasteiger partial charge in [0.25, 0.3) is 5.69 Å². The molecule has 29 heavy (non-hydrogen) atoms. The average molecular weight is 422 g/mol. The molecule has 0 heterocycles. The van der Waals surface area contributed by atoms with Crippen molar-refractivity contribution in [2.75, 3.05) is 25.6 Å². The number of hydrogen-bond acceptors (Lipinski definition) is 8. The van der Waals surface area contributed by atoms with Gasteiger partial charge in [0.2, 0.25) is 0 Å². The topological polar surface area (TPSA) is 117 Å². The van der Waals surface area contributed by atoms with E-state index < -0.39 is 24.3 Å². The van der Waals surface area contributed by atoms with Gasteiger partial charge < -0.3 is 19.1 Å². The van der Waals surface area contributed by atoms with E-state index in [0.717, 1.165) is 0 Å². The summed E-state index contributed by atoms with van der Waals surface area (Å²) in [6, 6.07) is 12.1. The molecule has 0 saturated heterocycles. The van der Waals surface area contributed by atoms with Gasteiger partial charge in [-0.3, -0.25) is 14.7 Å². The van der Waals surface area contributed by atoms with Gasteiger partial charge in [0.1, 0.15) is 0 Å². The smallest absolute Gasteiger partial charge is 0.357 e. The van der Waals surface area contributed by atoms with E-state index in [1.54, 1.807) is 44.2 Å². The lowest BCUT2D eigenvalue weighted by Gasteiger charge is -2.28. The largest absolute Gasteiger partial charge is 0.465 e. The number of nitrogens with one attached hydrogen (secondary N) is 1. The predicted octanol–water partition coefficient (Wildman–Crippen LogP) is 4.76. The molecule has 0 amide bonds. The van der Waals surface area contributed by atoms with Crippen LogP contribution in [0.3, 0.4) is 0 Å². The van der Waals surface area contributed by atoms with Crippen LogP contribution in [0, 0.1) is 10.1 Å². The molecule has 2 rings (SSSR count). The van der Waals surface area contributed by atoms with E-state index in [2.05, 4.69) is 10.1 Å². The molecule has 0 bridgehead atoms. The van der Waals surface area contributed by atoms with E-state index in [-0.39, 0.29) is 18.9 Å². The molecule has 0 aliphatic carbocycles. The molecule has 0 aliphatic heterocycles.